The summed E-state index contributed by atoms with van der Waals surface area (Å²) in [5.74, 6) is 77.0. The van der Waals surface area contributed by atoms with Crippen molar-refractivity contribution in [3.63, 3.8) is 0 Å². The molecule has 494 valence electrons. The molecule has 2 aromatic rings. The predicted octanol–water partition coefficient (Wildman–Crippen LogP) is 13.7. The Labute approximate surface area is 573 Å². The fourth-order valence-corrected chi connectivity index (χ4v) is 9.20. The van der Waals surface area contributed by atoms with Crippen LogP contribution in [-0.4, -0.2) is 89.2 Å². The van der Waals surface area contributed by atoms with Crippen LogP contribution in [0.5, 0.6) is 0 Å². The number of ether oxygens (including phenoxy) is 4. The van der Waals surface area contributed by atoms with Gasteiger partial charge in [0.25, 0.3) is 6.47 Å². The minimum atomic E-state index is -1.10. The monoisotopic (exact) mass is 1270 g/mol. The average molecular weight is 1270 g/mol. The fourth-order valence-electron chi connectivity index (χ4n) is 9.20. The number of carbonyl (C=O) groups excluding carboxylic acids is 4. The fraction of sp³-hybridized carbons (Fsp3) is 0.471. The number of fused-ring (bicyclic) bond motifs is 1. The number of likely N-dealkylation sites (tertiary alicyclic amines) is 1. The van der Waals surface area contributed by atoms with Gasteiger partial charge in [-0.05, 0) is 109 Å². The SMILES string of the molecule is C#CCC(CC#CC)(COC=O)C(=O)OC.CC#CCC(C#N)(CC#CC)c1ccccc1.CC#CCC1(CC#CC)C(=O)c2ccccc2C1=O.CC#CCC1(CC#CC)CN(C)C1.CC#CCC1(CC#CC)COC1.CC#CCCCC#CC.CC#CCOCC#CC. The van der Waals surface area contributed by atoms with Gasteiger partial charge in [-0.2, -0.15) is 5.26 Å². The summed E-state index contributed by atoms with van der Waals surface area (Å²) in [5.41, 5.74) is -0.136. The number of ketones is 2. The molecule has 0 spiro atoms. The molecule has 10 nitrogen and oxygen atoms in total. The second-order valence-electron chi connectivity index (χ2n) is 21.6. The number of nitriles is 1. The van der Waals surface area contributed by atoms with Crippen molar-refractivity contribution in [2.45, 2.75) is 179 Å². The van der Waals surface area contributed by atoms with Crippen molar-refractivity contribution in [3.05, 3.63) is 71.3 Å². The van der Waals surface area contributed by atoms with Gasteiger partial charge in [0, 0.05) is 112 Å². The third-order valence-corrected chi connectivity index (χ3v) is 14.4. The van der Waals surface area contributed by atoms with Crippen LogP contribution in [0, 0.1) is 199 Å². The number of carbonyl (C=O) groups is 4. The van der Waals surface area contributed by atoms with Crippen LogP contribution in [-0.2, 0) is 34.0 Å². The molecule has 2 aliphatic heterocycles. The van der Waals surface area contributed by atoms with Crippen LogP contribution in [0.3, 0.4) is 0 Å². The third kappa shape index (κ3) is 33.4. The lowest BCUT2D eigenvalue weighted by molar-refractivity contribution is -0.157. The third-order valence-electron chi connectivity index (χ3n) is 14.4. The van der Waals surface area contributed by atoms with E-state index in [9.17, 15) is 24.4 Å². The van der Waals surface area contributed by atoms with Gasteiger partial charge in [-0.15, -0.1) is 154 Å². The number of hydrogen-bond donors (Lipinski definition) is 0. The Morgan fingerprint density at radius 2 is 0.937 bits per heavy atom. The largest absolute Gasteiger partial charge is 0.468 e. The molecule has 2 fully saturated rings. The van der Waals surface area contributed by atoms with Crippen LogP contribution in [0.4, 0.5) is 0 Å². The van der Waals surface area contributed by atoms with Crippen molar-refractivity contribution in [3.8, 4) is 172 Å². The average Bonchev–Trinajstić information content (AvgIpc) is 1.60. The molecule has 10 heteroatoms. The Hall–Kier alpha value is -10.1. The van der Waals surface area contributed by atoms with E-state index < -0.39 is 22.2 Å². The highest BCUT2D eigenvalue weighted by Gasteiger charge is 2.52. The molecular formula is C85H96N2O8. The Kier molecular flexibility index (Phi) is 49.9. The maximum atomic E-state index is 12.6. The molecule has 1 atom stereocenters. The van der Waals surface area contributed by atoms with E-state index in [1.54, 1.807) is 72.7 Å². The first kappa shape index (κ1) is 87.0. The zero-order chi connectivity index (χ0) is 71.4. The second-order valence-corrected chi connectivity index (χ2v) is 21.6. The predicted molar refractivity (Wildman–Crippen MR) is 385 cm³/mol. The standard InChI is InChI=1S/C17H14O2.C16H15N.C12H17N.C12H14O4.C11H14O.C9H12.C8H10O/c1-3-5-11-17(12-6-4-2)15(18)13-9-7-8-10-14(13)16(17)19;1-3-5-12-16(14-17,13-6-4-2)15-10-8-7-9-11-15;1-4-6-8-12(9-7-5-2)10-13(3)11-12;1-4-6-8-12(7-5-2,9-16-10-13)11(14)15-3;1-3-5-7-11(8-6-4-2)9-12-10-11;2*1-3-5-7-9-8-6-4-2/h7-10H,11-12H2,1-2H3;7-11H,12-13H2,1-2H3;8-11H2,1-3H3;2,10H,7-9H2,1,3H3;7-10H2,1-2H3;7-9H2,1-2H3;7-8H2,1-2H3. The Morgan fingerprint density at radius 1 is 0.547 bits per heavy atom. The van der Waals surface area contributed by atoms with E-state index in [-0.39, 0.29) is 55.7 Å². The maximum absolute atomic E-state index is 12.6. The summed E-state index contributed by atoms with van der Waals surface area (Å²) < 4.78 is 19.5. The van der Waals surface area contributed by atoms with Gasteiger partial charge in [0.15, 0.2) is 11.6 Å². The molecule has 0 radical (unpaired) electrons. The molecule has 2 saturated heterocycles. The molecule has 0 amide bonds. The first-order valence-electron chi connectivity index (χ1n) is 31.2. The zero-order valence-electron chi connectivity index (χ0n) is 59.2. The number of hydrogen-bond acceptors (Lipinski definition) is 10. The van der Waals surface area contributed by atoms with Gasteiger partial charge >= 0.3 is 5.97 Å². The number of esters is 1. The number of benzene rings is 2. The summed E-state index contributed by atoms with van der Waals surface area (Å²) in [6, 6.07) is 19.1. The summed E-state index contributed by atoms with van der Waals surface area (Å²) in [7, 11) is 3.41. The molecule has 1 aliphatic carbocycles. The van der Waals surface area contributed by atoms with Crippen molar-refractivity contribution in [1.82, 2.24) is 4.90 Å². The van der Waals surface area contributed by atoms with E-state index in [4.69, 9.17) is 15.9 Å². The number of unbranched alkanes of at least 4 members (excludes halogenated alkanes) is 2. The van der Waals surface area contributed by atoms with Crippen molar-refractivity contribution >= 4 is 24.0 Å². The lowest BCUT2D eigenvalue weighted by atomic mass is 9.75. The van der Waals surface area contributed by atoms with Crippen molar-refractivity contribution in [1.29, 1.82) is 5.26 Å². The lowest BCUT2D eigenvalue weighted by Gasteiger charge is -2.47. The summed E-state index contributed by atoms with van der Waals surface area (Å²) in [4.78, 5) is 49.3. The number of Topliss-reactive ketones (excluding diaryl/α,β-unsaturated/α-hetero) is 2. The van der Waals surface area contributed by atoms with Crippen LogP contribution < -0.4 is 0 Å². The Morgan fingerprint density at radius 3 is 1.28 bits per heavy atom. The number of nitrogens with zero attached hydrogens (tertiary/aromatic N) is 2. The normalized spacial score (nSPS) is 12.8. The lowest BCUT2D eigenvalue weighted by Crippen LogP contribution is -2.53. The minimum absolute atomic E-state index is 0.113. The van der Waals surface area contributed by atoms with E-state index in [0.29, 0.717) is 42.6 Å². The first-order valence-corrected chi connectivity index (χ1v) is 31.2. The van der Waals surface area contributed by atoms with Gasteiger partial charge in [-0.1, -0.05) is 66.4 Å². The highest BCUT2D eigenvalue weighted by molar-refractivity contribution is 6.29. The quantitative estimate of drug-likeness (QED) is 0.0440. The molecule has 5 rings (SSSR count). The van der Waals surface area contributed by atoms with E-state index in [2.05, 4.69) is 187 Å². The highest BCUT2D eigenvalue weighted by Crippen LogP contribution is 2.42. The molecule has 3 aliphatic rings. The first-order chi connectivity index (χ1) is 46.0. The molecule has 0 bridgehead atoms. The smallest absolute Gasteiger partial charge is 0.317 e. The van der Waals surface area contributed by atoms with Crippen LogP contribution >= 0.6 is 0 Å². The van der Waals surface area contributed by atoms with Gasteiger partial charge in [-0.25, -0.2) is 0 Å². The van der Waals surface area contributed by atoms with E-state index in [0.717, 1.165) is 76.8 Å². The van der Waals surface area contributed by atoms with Gasteiger partial charge in [-0.3, -0.25) is 19.2 Å². The van der Waals surface area contributed by atoms with Crippen LogP contribution in [0.25, 0.3) is 0 Å². The summed E-state index contributed by atoms with van der Waals surface area (Å²) in [5, 5.41) is 9.50. The number of rotatable bonds is 19. The summed E-state index contributed by atoms with van der Waals surface area (Å²) >= 11 is 0. The molecule has 95 heavy (non-hydrogen) atoms. The topological polar surface area (TPSA) is 132 Å². The number of methoxy groups -OCH3 is 1. The van der Waals surface area contributed by atoms with Gasteiger partial charge in [0.1, 0.15) is 36.1 Å². The maximum Gasteiger partial charge on any atom is 0.317 e. The van der Waals surface area contributed by atoms with Crippen LogP contribution in [0.2, 0.25) is 0 Å². The Balaban J connectivity index is 0. The molecule has 2 heterocycles. The summed E-state index contributed by atoms with van der Waals surface area (Å²) in [6.07, 6.45) is 14.0. The van der Waals surface area contributed by atoms with Crippen molar-refractivity contribution in [2.24, 2.45) is 21.7 Å². The Bertz CT molecular complexity index is 3500. The highest BCUT2D eigenvalue weighted by atomic mass is 16.5. The van der Waals surface area contributed by atoms with E-state index >= 15 is 0 Å². The van der Waals surface area contributed by atoms with Gasteiger partial charge in [0.05, 0.1) is 26.4 Å². The molecule has 0 saturated carbocycles. The molecule has 1 unspecified atom stereocenters. The van der Waals surface area contributed by atoms with Crippen molar-refractivity contribution in [2.75, 3.05) is 60.3 Å². The van der Waals surface area contributed by atoms with Gasteiger partial charge < -0.3 is 23.8 Å². The summed E-state index contributed by atoms with van der Waals surface area (Å²) in [6.45, 7) is 28.6. The minimum Gasteiger partial charge on any atom is -0.468 e. The molecule has 2 aromatic carbocycles. The number of terminal acetylenes is 1. The molecule has 0 aromatic heterocycles. The van der Waals surface area contributed by atoms with E-state index in [1.807, 2.05) is 71.9 Å². The zero-order valence-corrected chi connectivity index (χ0v) is 59.2. The molecule has 0 N–H and O–H groups in total. The van der Waals surface area contributed by atoms with Gasteiger partial charge in [0.2, 0.25) is 0 Å². The second kappa shape index (κ2) is 54.5. The van der Waals surface area contributed by atoms with Crippen molar-refractivity contribution < 1.29 is 38.1 Å². The van der Waals surface area contributed by atoms with Crippen LogP contribution in [0.15, 0.2) is 54.6 Å². The van der Waals surface area contributed by atoms with Crippen LogP contribution in [0.1, 0.15) is 200 Å². The molecular weight excluding hydrogens is 1180 g/mol. The van der Waals surface area contributed by atoms with E-state index in [1.165, 1.54) is 7.11 Å².